The molecule has 0 bridgehead atoms. The molecule has 1 rings (SSSR count). The van der Waals surface area contributed by atoms with Gasteiger partial charge in [-0.05, 0) is 22.6 Å². The van der Waals surface area contributed by atoms with E-state index in [1.165, 1.54) is 4.68 Å². The van der Waals surface area contributed by atoms with Gasteiger partial charge in [-0.15, -0.1) is 5.10 Å². The van der Waals surface area contributed by atoms with E-state index >= 15 is 0 Å². The lowest BCUT2D eigenvalue weighted by atomic mass is 9.93. The minimum atomic E-state index is -1.36. The van der Waals surface area contributed by atoms with E-state index in [0.717, 1.165) is 3.70 Å². The van der Waals surface area contributed by atoms with E-state index in [0.29, 0.717) is 0 Å². The predicted octanol–water partition coefficient (Wildman–Crippen LogP) is -1.11. The highest BCUT2D eigenvalue weighted by atomic mass is 127. The van der Waals surface area contributed by atoms with Crippen molar-refractivity contribution in [1.82, 2.24) is 15.0 Å². The van der Waals surface area contributed by atoms with Crippen molar-refractivity contribution in [2.45, 2.75) is 6.44 Å². The van der Waals surface area contributed by atoms with Gasteiger partial charge in [-0.1, -0.05) is 5.21 Å². The number of hydrogen-bond donors (Lipinski definition) is 2. The zero-order valence-corrected chi connectivity index (χ0v) is 7.13. The van der Waals surface area contributed by atoms with Crippen LogP contribution in [0.5, 0.6) is 0 Å². The SMILES string of the molecule is OB(O)Cn1cc(I)nn1. The van der Waals surface area contributed by atoms with Crippen LogP contribution in [-0.2, 0) is 6.44 Å². The lowest BCUT2D eigenvalue weighted by Crippen LogP contribution is -2.20. The highest BCUT2D eigenvalue weighted by Gasteiger charge is 2.08. The first-order chi connectivity index (χ1) is 4.68. The van der Waals surface area contributed by atoms with Gasteiger partial charge in [0.15, 0.2) is 0 Å². The van der Waals surface area contributed by atoms with Gasteiger partial charge >= 0.3 is 7.12 Å². The van der Waals surface area contributed by atoms with Crippen molar-refractivity contribution in [3.05, 3.63) is 9.90 Å². The Hall–Kier alpha value is -0.145. The molecule has 10 heavy (non-hydrogen) atoms. The molecule has 0 fully saturated rings. The van der Waals surface area contributed by atoms with Gasteiger partial charge in [-0.25, -0.2) is 0 Å². The van der Waals surface area contributed by atoms with Gasteiger partial charge in [0.25, 0.3) is 0 Å². The average molecular weight is 253 g/mol. The minimum absolute atomic E-state index is 0.0655. The van der Waals surface area contributed by atoms with Gasteiger partial charge in [-0.3, -0.25) is 4.68 Å². The quantitative estimate of drug-likeness (QED) is 0.518. The summed E-state index contributed by atoms with van der Waals surface area (Å²) in [4.78, 5) is 0. The van der Waals surface area contributed by atoms with E-state index in [1.54, 1.807) is 6.20 Å². The van der Waals surface area contributed by atoms with Crippen molar-refractivity contribution < 1.29 is 10.0 Å². The maximum Gasteiger partial charge on any atom is 0.474 e. The summed E-state index contributed by atoms with van der Waals surface area (Å²) in [7, 11) is -1.36. The monoisotopic (exact) mass is 253 g/mol. The summed E-state index contributed by atoms with van der Waals surface area (Å²) in [6.07, 6.45) is 1.69. The Morgan fingerprint density at radius 2 is 2.40 bits per heavy atom. The fourth-order valence-corrected chi connectivity index (χ4v) is 0.949. The summed E-state index contributed by atoms with van der Waals surface area (Å²) < 4.78 is 2.10. The molecule has 0 amide bonds. The molecule has 0 atom stereocenters. The summed E-state index contributed by atoms with van der Waals surface area (Å²) in [5.41, 5.74) is 0. The van der Waals surface area contributed by atoms with Crippen LogP contribution in [0.3, 0.4) is 0 Å². The third-order valence-electron chi connectivity index (χ3n) is 0.861. The zero-order valence-electron chi connectivity index (χ0n) is 4.98. The Labute approximate surface area is 71.3 Å². The molecule has 2 N–H and O–H groups in total. The second-order valence-electron chi connectivity index (χ2n) is 1.74. The second kappa shape index (κ2) is 3.31. The smallest absolute Gasteiger partial charge is 0.426 e. The first kappa shape index (κ1) is 7.96. The molecule has 5 nitrogen and oxygen atoms in total. The van der Waals surface area contributed by atoms with Gasteiger partial charge in [0.05, 0.1) is 12.6 Å². The maximum absolute atomic E-state index is 8.48. The van der Waals surface area contributed by atoms with Crippen LogP contribution in [0.2, 0.25) is 0 Å². The maximum atomic E-state index is 8.48. The Balaban J connectivity index is 2.58. The summed E-state index contributed by atoms with van der Waals surface area (Å²) in [6, 6.07) is 0. The predicted molar refractivity (Wildman–Crippen MR) is 42.9 cm³/mol. The lowest BCUT2D eigenvalue weighted by molar-refractivity contribution is 0.386. The van der Waals surface area contributed by atoms with Crippen LogP contribution in [0.1, 0.15) is 0 Å². The molecule has 54 valence electrons. The van der Waals surface area contributed by atoms with Crippen LogP contribution in [0.4, 0.5) is 0 Å². The van der Waals surface area contributed by atoms with E-state index in [9.17, 15) is 0 Å². The third kappa shape index (κ3) is 2.23. The topological polar surface area (TPSA) is 71.2 Å². The van der Waals surface area contributed by atoms with Gasteiger partial charge < -0.3 is 10.0 Å². The lowest BCUT2D eigenvalue weighted by Gasteiger charge is -1.94. The molecule has 7 heteroatoms. The van der Waals surface area contributed by atoms with E-state index in [-0.39, 0.29) is 6.44 Å². The van der Waals surface area contributed by atoms with Crippen LogP contribution in [0.25, 0.3) is 0 Å². The number of hydrogen-bond acceptors (Lipinski definition) is 4. The number of halogens is 1. The van der Waals surface area contributed by atoms with Gasteiger partial charge in [0, 0.05) is 0 Å². The molecular formula is C3H5BIN3O2. The highest BCUT2D eigenvalue weighted by molar-refractivity contribution is 14.1. The highest BCUT2D eigenvalue weighted by Crippen LogP contribution is 1.96. The fourth-order valence-electron chi connectivity index (χ4n) is 0.531. The van der Waals surface area contributed by atoms with Crippen molar-refractivity contribution >= 4 is 29.7 Å². The molecule has 1 heterocycles. The first-order valence-electron chi connectivity index (χ1n) is 2.60. The number of aromatic nitrogens is 3. The van der Waals surface area contributed by atoms with E-state index in [4.69, 9.17) is 10.0 Å². The van der Waals surface area contributed by atoms with Crippen LogP contribution in [-0.4, -0.2) is 32.2 Å². The van der Waals surface area contributed by atoms with Crippen molar-refractivity contribution in [2.24, 2.45) is 0 Å². The molecule has 0 aliphatic rings. The Morgan fingerprint density at radius 3 is 2.80 bits per heavy atom. The molecule has 0 spiro atoms. The summed E-state index contributed by atoms with van der Waals surface area (Å²) in [5, 5.41) is 24.2. The Kier molecular flexibility index (Phi) is 2.63. The third-order valence-corrected chi connectivity index (χ3v) is 1.36. The van der Waals surface area contributed by atoms with Crippen molar-refractivity contribution in [1.29, 1.82) is 0 Å². The minimum Gasteiger partial charge on any atom is -0.426 e. The van der Waals surface area contributed by atoms with Crippen LogP contribution >= 0.6 is 22.6 Å². The summed E-state index contributed by atoms with van der Waals surface area (Å²) >= 11 is 1.99. The molecule has 0 aromatic carbocycles. The first-order valence-corrected chi connectivity index (χ1v) is 3.68. The van der Waals surface area contributed by atoms with Crippen molar-refractivity contribution in [3.63, 3.8) is 0 Å². The molecule has 0 aliphatic heterocycles. The fraction of sp³-hybridized carbons (Fsp3) is 0.333. The Bertz CT molecular complexity index is 215. The van der Waals surface area contributed by atoms with E-state index in [1.807, 2.05) is 22.6 Å². The summed E-state index contributed by atoms with van der Waals surface area (Å²) in [6.45, 7) is 0. The largest absolute Gasteiger partial charge is 0.474 e. The molecule has 1 aromatic heterocycles. The normalized spacial score (nSPS) is 9.90. The molecule has 0 saturated carbocycles. The number of nitrogens with zero attached hydrogens (tertiary/aromatic N) is 3. The van der Waals surface area contributed by atoms with E-state index < -0.39 is 7.12 Å². The van der Waals surface area contributed by atoms with Crippen LogP contribution < -0.4 is 0 Å². The molecule has 1 aromatic rings. The van der Waals surface area contributed by atoms with Gasteiger partial charge in [0.1, 0.15) is 3.70 Å². The van der Waals surface area contributed by atoms with Crippen LogP contribution in [0.15, 0.2) is 6.20 Å². The standard InChI is InChI=1S/C3H5BIN3O2/c5-3-1-8(7-6-3)2-4(9)10/h1,9-10H,2H2. The Morgan fingerprint density at radius 1 is 1.70 bits per heavy atom. The van der Waals surface area contributed by atoms with Crippen molar-refractivity contribution in [3.8, 4) is 0 Å². The van der Waals surface area contributed by atoms with Gasteiger partial charge in [0.2, 0.25) is 0 Å². The average Bonchev–Trinajstić information content (AvgIpc) is 2.13. The zero-order chi connectivity index (χ0) is 7.56. The molecule has 0 unspecified atom stereocenters. The molecule has 0 aliphatic carbocycles. The molecular weight excluding hydrogens is 248 g/mol. The molecule has 0 saturated heterocycles. The van der Waals surface area contributed by atoms with Crippen LogP contribution in [0, 0.1) is 3.70 Å². The second-order valence-corrected chi connectivity index (χ2v) is 2.85. The van der Waals surface area contributed by atoms with E-state index in [2.05, 4.69) is 10.3 Å². The number of rotatable bonds is 2. The molecule has 0 radical (unpaired) electrons. The summed E-state index contributed by atoms with van der Waals surface area (Å²) in [5.74, 6) is 0. The van der Waals surface area contributed by atoms with Crippen molar-refractivity contribution in [2.75, 3.05) is 0 Å². The van der Waals surface area contributed by atoms with Gasteiger partial charge in [-0.2, -0.15) is 0 Å².